The fourth-order valence-corrected chi connectivity index (χ4v) is 2.73. The molecule has 0 aliphatic carbocycles. The van der Waals surface area contributed by atoms with Gasteiger partial charge in [0.2, 0.25) is 0 Å². The minimum absolute atomic E-state index is 0.0809. The first-order chi connectivity index (χ1) is 6.68. The summed E-state index contributed by atoms with van der Waals surface area (Å²) in [6, 6.07) is 0. The van der Waals surface area contributed by atoms with Gasteiger partial charge in [0.25, 0.3) is 10.1 Å². The van der Waals surface area contributed by atoms with Crippen LogP contribution in [0.3, 0.4) is 0 Å². The van der Waals surface area contributed by atoms with Crippen molar-refractivity contribution in [3.8, 4) is 5.75 Å². The zero-order valence-corrected chi connectivity index (χ0v) is 9.94. The van der Waals surface area contributed by atoms with Crippen molar-refractivity contribution in [3.05, 3.63) is 22.3 Å². The molecule has 0 bridgehead atoms. The maximum absolute atomic E-state index is 11.2. The SMILES string of the molecule is Cc1c(C)c(S(=O)(=O)O)c(C)c(C)c1O. The maximum atomic E-state index is 11.2. The molecule has 0 radical (unpaired) electrons. The van der Waals surface area contributed by atoms with Crippen molar-refractivity contribution in [1.29, 1.82) is 0 Å². The summed E-state index contributed by atoms with van der Waals surface area (Å²) in [5, 5.41) is 9.68. The van der Waals surface area contributed by atoms with Gasteiger partial charge in [0.15, 0.2) is 0 Å². The van der Waals surface area contributed by atoms with Gasteiger partial charge in [-0.15, -0.1) is 0 Å². The van der Waals surface area contributed by atoms with Gasteiger partial charge in [0.05, 0.1) is 0 Å². The van der Waals surface area contributed by atoms with Crippen molar-refractivity contribution in [2.24, 2.45) is 0 Å². The fourth-order valence-electron chi connectivity index (χ4n) is 1.65. The van der Waals surface area contributed by atoms with Crippen molar-refractivity contribution in [1.82, 2.24) is 0 Å². The summed E-state index contributed by atoms with van der Waals surface area (Å²) in [5.41, 5.74) is 1.73. The molecule has 0 atom stereocenters. The number of rotatable bonds is 1. The molecule has 1 aromatic rings. The Hall–Kier alpha value is -1.07. The Balaban J connectivity index is 3.84. The van der Waals surface area contributed by atoms with E-state index in [4.69, 9.17) is 4.55 Å². The lowest BCUT2D eigenvalue weighted by atomic mass is 10.00. The number of benzene rings is 1. The van der Waals surface area contributed by atoms with Crippen LogP contribution >= 0.6 is 0 Å². The van der Waals surface area contributed by atoms with Gasteiger partial charge in [-0.05, 0) is 49.9 Å². The molecule has 1 rings (SSSR count). The summed E-state index contributed by atoms with van der Waals surface area (Å²) in [4.78, 5) is -0.102. The van der Waals surface area contributed by atoms with E-state index in [1.54, 1.807) is 27.7 Å². The minimum Gasteiger partial charge on any atom is -0.507 e. The number of hydrogen-bond acceptors (Lipinski definition) is 3. The minimum atomic E-state index is -4.24. The molecule has 0 saturated carbocycles. The van der Waals surface area contributed by atoms with Crippen LogP contribution in [0.1, 0.15) is 22.3 Å². The average molecular weight is 230 g/mol. The number of hydrogen-bond donors (Lipinski definition) is 2. The Bertz CT molecular complexity index is 486. The molecule has 0 fully saturated rings. The molecule has 0 heterocycles. The third-order valence-electron chi connectivity index (χ3n) is 2.77. The van der Waals surface area contributed by atoms with Crippen LogP contribution in [-0.4, -0.2) is 18.1 Å². The molecule has 15 heavy (non-hydrogen) atoms. The van der Waals surface area contributed by atoms with Crippen LogP contribution in [0, 0.1) is 27.7 Å². The maximum Gasteiger partial charge on any atom is 0.295 e. The van der Waals surface area contributed by atoms with Crippen LogP contribution < -0.4 is 0 Å². The Kier molecular flexibility index (Phi) is 2.80. The molecule has 84 valence electrons. The molecule has 0 aliphatic heterocycles. The second-order valence-corrected chi connectivity index (χ2v) is 5.01. The predicted molar refractivity (Wildman–Crippen MR) is 56.9 cm³/mol. The second-order valence-electron chi connectivity index (χ2n) is 3.65. The summed E-state index contributed by atoms with van der Waals surface area (Å²) in [5.74, 6) is 0.0809. The van der Waals surface area contributed by atoms with Crippen LogP contribution in [0.15, 0.2) is 4.90 Å². The highest BCUT2D eigenvalue weighted by molar-refractivity contribution is 7.86. The van der Waals surface area contributed by atoms with Crippen molar-refractivity contribution in [2.75, 3.05) is 0 Å². The lowest BCUT2D eigenvalue weighted by Gasteiger charge is -2.14. The normalized spacial score (nSPS) is 11.8. The van der Waals surface area contributed by atoms with E-state index < -0.39 is 10.1 Å². The molecule has 1 aromatic carbocycles. The van der Waals surface area contributed by atoms with Gasteiger partial charge in [-0.2, -0.15) is 8.42 Å². The molecule has 0 aromatic heterocycles. The van der Waals surface area contributed by atoms with Crippen LogP contribution in [0.5, 0.6) is 5.75 Å². The predicted octanol–water partition coefficient (Wildman–Crippen LogP) is 1.87. The van der Waals surface area contributed by atoms with Crippen molar-refractivity contribution < 1.29 is 18.1 Å². The first-order valence-electron chi connectivity index (χ1n) is 4.44. The van der Waals surface area contributed by atoms with Gasteiger partial charge in [-0.3, -0.25) is 4.55 Å². The zero-order valence-electron chi connectivity index (χ0n) is 9.12. The van der Waals surface area contributed by atoms with E-state index in [0.717, 1.165) is 0 Å². The molecule has 0 saturated heterocycles. The highest BCUT2D eigenvalue weighted by atomic mass is 32.2. The van der Waals surface area contributed by atoms with Gasteiger partial charge in [0, 0.05) is 0 Å². The molecule has 0 spiro atoms. The highest BCUT2D eigenvalue weighted by Gasteiger charge is 2.22. The van der Waals surface area contributed by atoms with Crippen LogP contribution in [0.25, 0.3) is 0 Å². The first kappa shape index (κ1) is 12.0. The quantitative estimate of drug-likeness (QED) is 0.722. The number of phenols is 1. The van der Waals surface area contributed by atoms with E-state index in [1.165, 1.54) is 0 Å². The van der Waals surface area contributed by atoms with E-state index in [9.17, 15) is 13.5 Å². The summed E-state index contributed by atoms with van der Waals surface area (Å²) >= 11 is 0. The third-order valence-corrected chi connectivity index (χ3v) is 3.90. The first-order valence-corrected chi connectivity index (χ1v) is 5.88. The largest absolute Gasteiger partial charge is 0.507 e. The lowest BCUT2D eigenvalue weighted by Crippen LogP contribution is -2.07. The smallest absolute Gasteiger partial charge is 0.295 e. The van der Waals surface area contributed by atoms with E-state index in [1.807, 2.05) is 0 Å². The fraction of sp³-hybridized carbons (Fsp3) is 0.400. The van der Waals surface area contributed by atoms with Gasteiger partial charge in [0.1, 0.15) is 10.6 Å². The standard InChI is InChI=1S/C10H14O4S/c1-5-7(3)10(15(12,13)14)8(4)6(2)9(5)11/h11H,1-4H3,(H,12,13,14). The molecule has 5 heteroatoms. The monoisotopic (exact) mass is 230 g/mol. The summed E-state index contributed by atoms with van der Waals surface area (Å²) in [7, 11) is -4.24. The van der Waals surface area contributed by atoms with Crippen molar-refractivity contribution >= 4 is 10.1 Å². The molecule has 2 N–H and O–H groups in total. The highest BCUT2D eigenvalue weighted by Crippen LogP contribution is 2.33. The van der Waals surface area contributed by atoms with Gasteiger partial charge in [-0.1, -0.05) is 0 Å². The van der Waals surface area contributed by atoms with Gasteiger partial charge >= 0.3 is 0 Å². The van der Waals surface area contributed by atoms with Crippen LogP contribution in [-0.2, 0) is 10.1 Å². The molecular weight excluding hydrogens is 216 g/mol. The van der Waals surface area contributed by atoms with E-state index in [-0.39, 0.29) is 10.6 Å². The van der Waals surface area contributed by atoms with Gasteiger partial charge in [-0.25, -0.2) is 0 Å². The zero-order chi connectivity index (χ0) is 12.0. The second kappa shape index (κ2) is 3.50. The molecule has 4 nitrogen and oxygen atoms in total. The molecular formula is C10H14O4S. The summed E-state index contributed by atoms with van der Waals surface area (Å²) in [6.07, 6.45) is 0. The Morgan fingerprint density at radius 2 is 1.20 bits per heavy atom. The number of aromatic hydroxyl groups is 1. The van der Waals surface area contributed by atoms with Crippen molar-refractivity contribution in [2.45, 2.75) is 32.6 Å². The molecule has 0 aliphatic rings. The molecule has 0 unspecified atom stereocenters. The topological polar surface area (TPSA) is 74.6 Å². The van der Waals surface area contributed by atoms with Crippen molar-refractivity contribution in [3.63, 3.8) is 0 Å². The average Bonchev–Trinajstić information content (AvgIpc) is 2.09. The summed E-state index contributed by atoms with van der Waals surface area (Å²) < 4.78 is 31.4. The lowest BCUT2D eigenvalue weighted by molar-refractivity contribution is 0.462. The van der Waals surface area contributed by atoms with Crippen LogP contribution in [0.2, 0.25) is 0 Å². The Morgan fingerprint density at radius 1 is 0.867 bits per heavy atom. The van der Waals surface area contributed by atoms with E-state index in [0.29, 0.717) is 22.3 Å². The van der Waals surface area contributed by atoms with E-state index >= 15 is 0 Å². The number of phenolic OH excluding ortho intramolecular Hbond substituents is 1. The Morgan fingerprint density at radius 3 is 1.47 bits per heavy atom. The summed E-state index contributed by atoms with van der Waals surface area (Å²) in [6.45, 7) is 6.35. The third kappa shape index (κ3) is 1.85. The molecule has 0 amide bonds. The van der Waals surface area contributed by atoms with Gasteiger partial charge < -0.3 is 5.11 Å². The van der Waals surface area contributed by atoms with Crippen LogP contribution in [0.4, 0.5) is 0 Å². The Labute approximate surface area is 89.3 Å². The van der Waals surface area contributed by atoms with E-state index in [2.05, 4.69) is 0 Å².